The molecule has 2 aromatic rings. The van der Waals surface area contributed by atoms with Crippen LogP contribution >= 0.6 is 0 Å². The van der Waals surface area contributed by atoms with E-state index >= 15 is 0 Å². The normalized spacial score (nSPS) is 10.7. The molecule has 0 aliphatic rings. The molecule has 1 heterocycles. The minimum Gasteiger partial charge on any atom is -0.356 e. The summed E-state index contributed by atoms with van der Waals surface area (Å²) in [5, 5.41) is 7.06. The van der Waals surface area contributed by atoms with Crippen molar-refractivity contribution in [2.24, 2.45) is 0 Å². The molecule has 0 aliphatic carbocycles. The van der Waals surface area contributed by atoms with Crippen LogP contribution < -0.4 is 5.32 Å². The van der Waals surface area contributed by atoms with E-state index in [4.69, 9.17) is 4.52 Å². The summed E-state index contributed by atoms with van der Waals surface area (Å²) >= 11 is 0. The van der Waals surface area contributed by atoms with Crippen molar-refractivity contribution in [2.75, 3.05) is 7.05 Å². The fourth-order valence-electron chi connectivity index (χ4n) is 1.84. The van der Waals surface area contributed by atoms with Gasteiger partial charge in [-0.1, -0.05) is 42.8 Å². The maximum absolute atomic E-state index is 5.31. The summed E-state index contributed by atoms with van der Waals surface area (Å²) in [6.45, 7) is 2.92. The van der Waals surface area contributed by atoms with Gasteiger partial charge in [-0.15, -0.1) is 0 Å². The number of aryl methyl sites for hydroxylation is 1. The van der Waals surface area contributed by atoms with Crippen LogP contribution in [-0.2, 0) is 13.0 Å². The summed E-state index contributed by atoms with van der Waals surface area (Å²) < 4.78 is 5.31. The smallest absolute Gasteiger partial charge is 0.167 e. The second kappa shape index (κ2) is 5.64. The first-order valence-electron chi connectivity index (χ1n) is 6.03. The van der Waals surface area contributed by atoms with E-state index in [2.05, 4.69) is 41.7 Å². The second-order valence-electron chi connectivity index (χ2n) is 4.16. The van der Waals surface area contributed by atoms with Crippen molar-refractivity contribution in [3.05, 3.63) is 41.6 Å². The average molecular weight is 230 g/mol. The van der Waals surface area contributed by atoms with Gasteiger partial charge in [0.05, 0.1) is 5.69 Å². The summed E-state index contributed by atoms with van der Waals surface area (Å²) in [5.41, 5.74) is 3.38. The lowest BCUT2D eigenvalue weighted by molar-refractivity contribution is 0.421. The number of rotatable bonds is 5. The van der Waals surface area contributed by atoms with Crippen molar-refractivity contribution in [3.8, 4) is 11.3 Å². The lowest BCUT2D eigenvalue weighted by atomic mass is 10.1. The highest BCUT2D eigenvalue weighted by Crippen LogP contribution is 2.21. The molecule has 0 spiro atoms. The molecule has 0 bridgehead atoms. The van der Waals surface area contributed by atoms with Crippen molar-refractivity contribution in [1.29, 1.82) is 0 Å². The van der Waals surface area contributed by atoms with Crippen LogP contribution in [0.4, 0.5) is 0 Å². The summed E-state index contributed by atoms with van der Waals surface area (Å²) in [6.07, 6.45) is 2.30. The van der Waals surface area contributed by atoms with Gasteiger partial charge in [0.15, 0.2) is 5.76 Å². The Hall–Kier alpha value is -1.61. The van der Waals surface area contributed by atoms with Crippen molar-refractivity contribution in [2.45, 2.75) is 26.3 Å². The highest BCUT2D eigenvalue weighted by molar-refractivity contribution is 5.57. The zero-order valence-corrected chi connectivity index (χ0v) is 10.4. The second-order valence-corrected chi connectivity index (χ2v) is 4.16. The molecule has 3 heteroatoms. The van der Waals surface area contributed by atoms with Gasteiger partial charge in [0.1, 0.15) is 0 Å². The molecule has 0 saturated heterocycles. The monoisotopic (exact) mass is 230 g/mol. The largest absolute Gasteiger partial charge is 0.356 e. The zero-order chi connectivity index (χ0) is 12.1. The van der Waals surface area contributed by atoms with E-state index in [1.54, 1.807) is 0 Å². The van der Waals surface area contributed by atoms with E-state index in [1.165, 1.54) is 12.0 Å². The first-order valence-corrected chi connectivity index (χ1v) is 6.03. The molecule has 1 aromatic carbocycles. The van der Waals surface area contributed by atoms with Crippen LogP contribution in [-0.4, -0.2) is 12.2 Å². The summed E-state index contributed by atoms with van der Waals surface area (Å²) in [6, 6.07) is 10.5. The maximum Gasteiger partial charge on any atom is 0.167 e. The molecule has 0 unspecified atom stereocenters. The van der Waals surface area contributed by atoms with Crippen molar-refractivity contribution in [1.82, 2.24) is 10.5 Å². The van der Waals surface area contributed by atoms with Gasteiger partial charge in [0.25, 0.3) is 0 Å². The Labute approximate surface area is 102 Å². The predicted octanol–water partition coefficient (Wildman–Crippen LogP) is 3.01. The minimum absolute atomic E-state index is 0.734. The molecule has 0 atom stereocenters. The predicted molar refractivity (Wildman–Crippen MR) is 68.7 cm³/mol. The lowest BCUT2D eigenvalue weighted by Crippen LogP contribution is -2.04. The fraction of sp³-hybridized carbons (Fsp3) is 0.357. The third-order valence-electron chi connectivity index (χ3n) is 2.69. The molecule has 0 fully saturated rings. The van der Waals surface area contributed by atoms with Crippen LogP contribution in [0.5, 0.6) is 0 Å². The van der Waals surface area contributed by atoms with Gasteiger partial charge in [-0.3, -0.25) is 0 Å². The maximum atomic E-state index is 5.31. The molecule has 0 radical (unpaired) electrons. The molecule has 90 valence electrons. The van der Waals surface area contributed by atoms with Gasteiger partial charge in [-0.2, -0.15) is 0 Å². The van der Waals surface area contributed by atoms with Gasteiger partial charge in [-0.05, 0) is 19.0 Å². The lowest BCUT2D eigenvalue weighted by Gasteiger charge is -1.99. The molecular formula is C14H18N2O. The van der Waals surface area contributed by atoms with E-state index in [1.807, 2.05) is 13.1 Å². The first kappa shape index (κ1) is 11.9. The van der Waals surface area contributed by atoms with Gasteiger partial charge in [0, 0.05) is 18.2 Å². The Kier molecular flexibility index (Phi) is 3.94. The molecule has 2 rings (SSSR count). The highest BCUT2D eigenvalue weighted by Gasteiger charge is 2.05. The fourth-order valence-corrected chi connectivity index (χ4v) is 1.84. The summed E-state index contributed by atoms with van der Waals surface area (Å²) in [7, 11) is 1.90. The minimum atomic E-state index is 0.734. The molecular weight excluding hydrogens is 212 g/mol. The summed E-state index contributed by atoms with van der Waals surface area (Å²) in [4.78, 5) is 0. The van der Waals surface area contributed by atoms with Crippen molar-refractivity contribution < 1.29 is 4.52 Å². The Morgan fingerprint density at radius 1 is 1.24 bits per heavy atom. The number of benzene rings is 1. The molecule has 0 saturated carbocycles. The Balaban J connectivity index is 2.15. The molecule has 1 N–H and O–H groups in total. The van der Waals surface area contributed by atoms with E-state index in [0.717, 1.165) is 30.0 Å². The van der Waals surface area contributed by atoms with E-state index in [9.17, 15) is 0 Å². The van der Waals surface area contributed by atoms with Gasteiger partial charge in [-0.25, -0.2) is 0 Å². The topological polar surface area (TPSA) is 38.1 Å². The van der Waals surface area contributed by atoms with Crippen molar-refractivity contribution in [3.63, 3.8) is 0 Å². The third-order valence-corrected chi connectivity index (χ3v) is 2.69. The number of hydrogen-bond acceptors (Lipinski definition) is 3. The molecule has 1 aromatic heterocycles. The van der Waals surface area contributed by atoms with Crippen LogP contribution in [0.3, 0.4) is 0 Å². The molecule has 0 amide bonds. The van der Waals surface area contributed by atoms with Crippen LogP contribution in [0.2, 0.25) is 0 Å². The van der Waals surface area contributed by atoms with Gasteiger partial charge >= 0.3 is 0 Å². The number of hydrogen-bond donors (Lipinski definition) is 1. The first-order chi connectivity index (χ1) is 8.33. The molecule has 0 aliphatic heterocycles. The van der Waals surface area contributed by atoms with Crippen LogP contribution in [0.1, 0.15) is 24.6 Å². The van der Waals surface area contributed by atoms with E-state index < -0.39 is 0 Å². The average Bonchev–Trinajstić information content (AvgIpc) is 2.80. The zero-order valence-electron chi connectivity index (χ0n) is 10.4. The highest BCUT2D eigenvalue weighted by atomic mass is 16.5. The van der Waals surface area contributed by atoms with Gasteiger partial charge in [0.2, 0.25) is 0 Å². The number of aromatic nitrogens is 1. The quantitative estimate of drug-likeness (QED) is 0.858. The third kappa shape index (κ3) is 2.94. The SMILES string of the molecule is CCCc1ccc(-c2cc(CNC)no2)cc1. The van der Waals surface area contributed by atoms with E-state index in [-0.39, 0.29) is 0 Å². The Morgan fingerprint density at radius 2 is 2.00 bits per heavy atom. The van der Waals surface area contributed by atoms with Gasteiger partial charge < -0.3 is 9.84 Å². The van der Waals surface area contributed by atoms with Crippen molar-refractivity contribution >= 4 is 0 Å². The Bertz CT molecular complexity index is 459. The summed E-state index contributed by atoms with van der Waals surface area (Å²) in [5.74, 6) is 0.832. The number of nitrogens with one attached hydrogen (secondary N) is 1. The standard InChI is InChI=1S/C14H18N2O/c1-3-4-11-5-7-12(8-6-11)14-9-13(10-15-2)16-17-14/h5-9,15H,3-4,10H2,1-2H3. The van der Waals surface area contributed by atoms with E-state index in [0.29, 0.717) is 0 Å². The Morgan fingerprint density at radius 3 is 2.65 bits per heavy atom. The molecule has 3 nitrogen and oxygen atoms in total. The van der Waals surface area contributed by atoms with Crippen LogP contribution in [0.25, 0.3) is 11.3 Å². The van der Waals surface area contributed by atoms with Crippen LogP contribution in [0, 0.1) is 0 Å². The number of nitrogens with zero attached hydrogens (tertiary/aromatic N) is 1. The van der Waals surface area contributed by atoms with Crippen LogP contribution in [0.15, 0.2) is 34.9 Å². The molecule has 17 heavy (non-hydrogen) atoms.